The topological polar surface area (TPSA) is 52.6 Å². The normalized spacial score (nSPS) is 9.82. The van der Waals surface area contributed by atoms with Crippen molar-refractivity contribution in [3.63, 3.8) is 0 Å². The van der Waals surface area contributed by atoms with Crippen molar-refractivity contribution >= 4 is 11.9 Å². The van der Waals surface area contributed by atoms with Gasteiger partial charge in [-0.3, -0.25) is 4.79 Å². The van der Waals surface area contributed by atoms with E-state index in [2.05, 4.69) is 9.47 Å². The van der Waals surface area contributed by atoms with Gasteiger partial charge in [0.15, 0.2) is 0 Å². The van der Waals surface area contributed by atoms with E-state index in [0.717, 1.165) is 11.1 Å². The Morgan fingerprint density at radius 3 is 2.41 bits per heavy atom. The minimum absolute atomic E-state index is 0.236. The number of rotatable bonds is 4. The highest BCUT2D eigenvalue weighted by Gasteiger charge is 2.09. The maximum Gasteiger partial charge on any atom is 0.338 e. The van der Waals surface area contributed by atoms with Gasteiger partial charge >= 0.3 is 11.9 Å². The molecule has 0 unspecified atom stereocenters. The van der Waals surface area contributed by atoms with E-state index in [4.69, 9.17) is 0 Å². The molecule has 0 aromatic heterocycles. The van der Waals surface area contributed by atoms with Gasteiger partial charge in [-0.1, -0.05) is 12.1 Å². The number of esters is 2. The zero-order chi connectivity index (χ0) is 12.8. The molecule has 0 N–H and O–H groups in total. The van der Waals surface area contributed by atoms with E-state index in [1.807, 2.05) is 19.1 Å². The van der Waals surface area contributed by atoms with E-state index in [0.29, 0.717) is 18.4 Å². The van der Waals surface area contributed by atoms with Gasteiger partial charge in [0.25, 0.3) is 0 Å². The van der Waals surface area contributed by atoms with Gasteiger partial charge in [0.1, 0.15) is 0 Å². The first-order chi connectivity index (χ1) is 8.08. The quantitative estimate of drug-likeness (QED) is 0.749. The van der Waals surface area contributed by atoms with Gasteiger partial charge in [-0.2, -0.15) is 0 Å². The monoisotopic (exact) mass is 236 g/mol. The highest BCUT2D eigenvalue weighted by Crippen LogP contribution is 2.13. The fourth-order valence-electron chi connectivity index (χ4n) is 1.57. The number of carbonyl (C=O) groups excluding carboxylic acids is 2. The van der Waals surface area contributed by atoms with Crippen LogP contribution in [0.4, 0.5) is 0 Å². The molecule has 1 aromatic carbocycles. The van der Waals surface area contributed by atoms with Gasteiger partial charge in [-0.15, -0.1) is 0 Å². The number of benzene rings is 1. The molecule has 92 valence electrons. The van der Waals surface area contributed by atoms with Crippen LogP contribution < -0.4 is 0 Å². The van der Waals surface area contributed by atoms with Crippen LogP contribution in [0.3, 0.4) is 0 Å². The summed E-state index contributed by atoms with van der Waals surface area (Å²) in [7, 11) is 2.72. The largest absolute Gasteiger partial charge is 0.469 e. The van der Waals surface area contributed by atoms with Gasteiger partial charge in [-0.25, -0.2) is 4.79 Å². The smallest absolute Gasteiger partial charge is 0.338 e. The van der Waals surface area contributed by atoms with Gasteiger partial charge < -0.3 is 9.47 Å². The zero-order valence-electron chi connectivity index (χ0n) is 10.3. The number of hydrogen-bond acceptors (Lipinski definition) is 4. The van der Waals surface area contributed by atoms with Gasteiger partial charge in [0, 0.05) is 6.42 Å². The van der Waals surface area contributed by atoms with Crippen LogP contribution in [0, 0.1) is 6.92 Å². The Morgan fingerprint density at radius 1 is 1.18 bits per heavy atom. The third-order valence-corrected chi connectivity index (χ3v) is 2.54. The summed E-state index contributed by atoms with van der Waals surface area (Å²) in [6.07, 6.45) is 0.947. The van der Waals surface area contributed by atoms with Crippen molar-refractivity contribution in [3.8, 4) is 0 Å². The Kier molecular flexibility index (Phi) is 4.69. The van der Waals surface area contributed by atoms with E-state index in [9.17, 15) is 9.59 Å². The molecule has 4 nitrogen and oxygen atoms in total. The number of ether oxygens (including phenoxy) is 2. The van der Waals surface area contributed by atoms with E-state index >= 15 is 0 Å². The SMILES string of the molecule is COC(=O)CCc1ccc(C(=O)OC)c(C)c1. The summed E-state index contributed by atoms with van der Waals surface area (Å²) in [6.45, 7) is 1.84. The molecule has 1 aromatic rings. The molecule has 0 fully saturated rings. The minimum Gasteiger partial charge on any atom is -0.469 e. The predicted molar refractivity (Wildman–Crippen MR) is 62.9 cm³/mol. The maximum absolute atomic E-state index is 11.4. The number of methoxy groups -OCH3 is 2. The second-order valence-electron chi connectivity index (χ2n) is 3.72. The summed E-state index contributed by atoms with van der Waals surface area (Å²) in [4.78, 5) is 22.4. The fraction of sp³-hybridized carbons (Fsp3) is 0.385. The Bertz CT molecular complexity index is 423. The standard InChI is InChI=1S/C13H16O4/c1-9-8-10(5-7-12(14)16-2)4-6-11(9)13(15)17-3/h4,6,8H,5,7H2,1-3H3. The van der Waals surface area contributed by atoms with Crippen LogP contribution in [0.5, 0.6) is 0 Å². The molecule has 0 bridgehead atoms. The molecule has 0 amide bonds. The first-order valence-electron chi connectivity index (χ1n) is 5.33. The predicted octanol–water partition coefficient (Wildman–Crippen LogP) is 1.89. The third kappa shape index (κ3) is 3.59. The number of hydrogen-bond donors (Lipinski definition) is 0. The molecule has 4 heteroatoms. The summed E-state index contributed by atoms with van der Waals surface area (Å²) in [5, 5.41) is 0. The molecular formula is C13H16O4. The second kappa shape index (κ2) is 6.03. The Morgan fingerprint density at radius 2 is 1.88 bits per heavy atom. The van der Waals surface area contributed by atoms with Crippen molar-refractivity contribution in [2.24, 2.45) is 0 Å². The van der Waals surface area contributed by atoms with Gasteiger partial charge in [0.2, 0.25) is 0 Å². The van der Waals surface area contributed by atoms with Crippen LogP contribution >= 0.6 is 0 Å². The average Bonchev–Trinajstić information content (AvgIpc) is 2.35. The van der Waals surface area contributed by atoms with Crippen LogP contribution in [0.25, 0.3) is 0 Å². The highest BCUT2D eigenvalue weighted by molar-refractivity contribution is 5.91. The van der Waals surface area contributed by atoms with Crippen LogP contribution in [-0.2, 0) is 20.7 Å². The van der Waals surface area contributed by atoms with Crippen molar-refractivity contribution in [3.05, 3.63) is 34.9 Å². The van der Waals surface area contributed by atoms with E-state index in [1.54, 1.807) is 6.07 Å². The molecule has 0 saturated carbocycles. The molecule has 0 spiro atoms. The molecular weight excluding hydrogens is 220 g/mol. The molecule has 0 aliphatic heterocycles. The van der Waals surface area contributed by atoms with Crippen molar-refractivity contribution in [1.82, 2.24) is 0 Å². The lowest BCUT2D eigenvalue weighted by atomic mass is 10.0. The lowest BCUT2D eigenvalue weighted by Gasteiger charge is -2.06. The Labute approximate surface area is 101 Å². The summed E-state index contributed by atoms with van der Waals surface area (Å²) >= 11 is 0. The summed E-state index contributed by atoms with van der Waals surface area (Å²) in [6, 6.07) is 5.42. The van der Waals surface area contributed by atoms with Crippen molar-refractivity contribution in [1.29, 1.82) is 0 Å². The molecule has 0 aliphatic rings. The molecule has 1 rings (SSSR count). The van der Waals surface area contributed by atoms with Crippen molar-refractivity contribution < 1.29 is 19.1 Å². The van der Waals surface area contributed by atoms with Crippen molar-refractivity contribution in [2.75, 3.05) is 14.2 Å². The molecule has 0 saturated heterocycles. The highest BCUT2D eigenvalue weighted by atomic mass is 16.5. The molecule has 0 heterocycles. The lowest BCUT2D eigenvalue weighted by molar-refractivity contribution is -0.140. The first-order valence-corrected chi connectivity index (χ1v) is 5.33. The van der Waals surface area contributed by atoms with Crippen LogP contribution in [0.1, 0.15) is 27.9 Å². The second-order valence-corrected chi connectivity index (χ2v) is 3.72. The van der Waals surface area contributed by atoms with Crippen LogP contribution in [0.15, 0.2) is 18.2 Å². The minimum atomic E-state index is -0.345. The molecule has 0 radical (unpaired) electrons. The van der Waals surface area contributed by atoms with E-state index in [1.165, 1.54) is 14.2 Å². The first kappa shape index (κ1) is 13.2. The van der Waals surface area contributed by atoms with Crippen LogP contribution in [-0.4, -0.2) is 26.2 Å². The summed E-state index contributed by atoms with van der Waals surface area (Å²) in [5.41, 5.74) is 2.40. The maximum atomic E-state index is 11.4. The summed E-state index contributed by atoms with van der Waals surface area (Å²) < 4.78 is 9.23. The molecule has 0 aliphatic carbocycles. The van der Waals surface area contributed by atoms with Gasteiger partial charge in [0.05, 0.1) is 19.8 Å². The molecule has 17 heavy (non-hydrogen) atoms. The fourth-order valence-corrected chi connectivity index (χ4v) is 1.57. The lowest BCUT2D eigenvalue weighted by Crippen LogP contribution is -2.05. The third-order valence-electron chi connectivity index (χ3n) is 2.54. The number of aryl methyl sites for hydroxylation is 2. The van der Waals surface area contributed by atoms with Gasteiger partial charge in [-0.05, 0) is 30.5 Å². The Balaban J connectivity index is 2.75. The number of carbonyl (C=O) groups is 2. The summed E-state index contributed by atoms with van der Waals surface area (Å²) in [5.74, 6) is -0.582. The van der Waals surface area contributed by atoms with Crippen molar-refractivity contribution in [2.45, 2.75) is 19.8 Å². The zero-order valence-corrected chi connectivity index (χ0v) is 10.3. The van der Waals surface area contributed by atoms with E-state index in [-0.39, 0.29) is 11.9 Å². The molecule has 0 atom stereocenters. The van der Waals surface area contributed by atoms with Crippen LogP contribution in [0.2, 0.25) is 0 Å². The van der Waals surface area contributed by atoms with E-state index < -0.39 is 0 Å². The average molecular weight is 236 g/mol. The Hall–Kier alpha value is -1.84.